The normalized spacial score (nSPS) is 19.1. The van der Waals surface area contributed by atoms with Gasteiger partial charge in [0.15, 0.2) is 0 Å². The number of para-hydroxylation sites is 1. The molecule has 1 saturated heterocycles. The molecule has 0 radical (unpaired) electrons. The smallest absolute Gasteiger partial charge is 0.238 e. The Kier molecular flexibility index (Phi) is 10.1. The lowest BCUT2D eigenvalue weighted by molar-refractivity contribution is -0.131. The average molecular weight is 545 g/mol. The van der Waals surface area contributed by atoms with E-state index in [1.54, 1.807) is 4.90 Å². The first kappa shape index (κ1) is 28.3. The number of nitriles is 2. The van der Waals surface area contributed by atoms with Gasteiger partial charge in [0.2, 0.25) is 11.8 Å². The Morgan fingerprint density at radius 2 is 2.05 bits per heavy atom. The van der Waals surface area contributed by atoms with Crippen LogP contribution in [0.4, 0.5) is 11.4 Å². The van der Waals surface area contributed by atoms with Crippen molar-refractivity contribution in [3.05, 3.63) is 59.7 Å². The molecule has 0 saturated carbocycles. The summed E-state index contributed by atoms with van der Waals surface area (Å²) in [6, 6.07) is 21.1. The van der Waals surface area contributed by atoms with Gasteiger partial charge in [-0.2, -0.15) is 10.5 Å². The summed E-state index contributed by atoms with van der Waals surface area (Å²) in [6.07, 6.45) is 4.23. The van der Waals surface area contributed by atoms with Crippen LogP contribution < -0.4 is 15.5 Å². The van der Waals surface area contributed by atoms with Crippen molar-refractivity contribution in [3.8, 4) is 12.1 Å². The SMILES string of the molecule is CCN1C(=O)C(CCNc2cccc(CCN3CCCc4ccccc43)c2)SC1CC(C#N)C(=O)NCC#N. The highest BCUT2D eigenvalue weighted by atomic mass is 32.2. The van der Waals surface area contributed by atoms with E-state index >= 15 is 0 Å². The minimum atomic E-state index is -0.893. The Balaban J connectivity index is 1.27. The molecule has 2 aliphatic heterocycles. The fourth-order valence-corrected chi connectivity index (χ4v) is 6.93. The third-order valence-electron chi connectivity index (χ3n) is 7.36. The summed E-state index contributed by atoms with van der Waals surface area (Å²) in [5, 5.41) is 23.6. The molecule has 39 heavy (non-hydrogen) atoms. The van der Waals surface area contributed by atoms with Crippen LogP contribution in [0.1, 0.15) is 37.3 Å². The molecular weight excluding hydrogens is 508 g/mol. The summed E-state index contributed by atoms with van der Waals surface area (Å²) in [7, 11) is 0. The minimum absolute atomic E-state index is 0.0546. The third kappa shape index (κ3) is 7.25. The number of hydrogen-bond acceptors (Lipinski definition) is 7. The first-order chi connectivity index (χ1) is 19.0. The van der Waals surface area contributed by atoms with E-state index in [9.17, 15) is 14.9 Å². The molecule has 204 valence electrons. The molecule has 2 aliphatic rings. The van der Waals surface area contributed by atoms with E-state index in [-0.39, 0.29) is 29.5 Å². The first-order valence-electron chi connectivity index (χ1n) is 13.7. The van der Waals surface area contributed by atoms with E-state index < -0.39 is 11.8 Å². The number of aryl methyl sites for hydroxylation is 1. The Morgan fingerprint density at radius 3 is 2.85 bits per heavy atom. The van der Waals surface area contributed by atoms with Crippen LogP contribution in [0.25, 0.3) is 0 Å². The van der Waals surface area contributed by atoms with E-state index in [4.69, 9.17) is 5.26 Å². The molecule has 1 fully saturated rings. The number of amides is 2. The fourth-order valence-electron chi connectivity index (χ4n) is 5.34. The molecule has 0 aromatic heterocycles. The summed E-state index contributed by atoms with van der Waals surface area (Å²) in [6.45, 7) is 5.05. The Labute approximate surface area is 235 Å². The zero-order chi connectivity index (χ0) is 27.6. The van der Waals surface area contributed by atoms with Gasteiger partial charge < -0.3 is 20.4 Å². The largest absolute Gasteiger partial charge is 0.385 e. The van der Waals surface area contributed by atoms with Gasteiger partial charge >= 0.3 is 0 Å². The van der Waals surface area contributed by atoms with Gasteiger partial charge in [0.25, 0.3) is 0 Å². The number of carbonyl (C=O) groups excluding carboxylic acids is 2. The maximum Gasteiger partial charge on any atom is 0.238 e. The van der Waals surface area contributed by atoms with Crippen LogP contribution in [0.15, 0.2) is 48.5 Å². The van der Waals surface area contributed by atoms with Crippen LogP contribution in [-0.4, -0.2) is 60.1 Å². The van der Waals surface area contributed by atoms with Crippen molar-refractivity contribution in [1.82, 2.24) is 10.2 Å². The van der Waals surface area contributed by atoms with Crippen molar-refractivity contribution >= 4 is 35.0 Å². The molecule has 9 heteroatoms. The number of thioether (sulfide) groups is 1. The molecule has 8 nitrogen and oxygen atoms in total. The molecule has 0 spiro atoms. The van der Waals surface area contributed by atoms with Crippen molar-refractivity contribution in [2.24, 2.45) is 5.92 Å². The number of anilines is 2. The van der Waals surface area contributed by atoms with Crippen LogP contribution in [0.2, 0.25) is 0 Å². The van der Waals surface area contributed by atoms with Gasteiger partial charge in [0, 0.05) is 44.0 Å². The number of hydrogen-bond donors (Lipinski definition) is 2. The first-order valence-corrected chi connectivity index (χ1v) is 14.6. The lowest BCUT2D eigenvalue weighted by Crippen LogP contribution is -2.38. The second-order valence-corrected chi connectivity index (χ2v) is 11.3. The Hall–Kier alpha value is -3.69. The van der Waals surface area contributed by atoms with Gasteiger partial charge in [0.05, 0.1) is 22.8 Å². The van der Waals surface area contributed by atoms with Crippen LogP contribution in [-0.2, 0) is 22.4 Å². The minimum Gasteiger partial charge on any atom is -0.385 e. The van der Waals surface area contributed by atoms with Crippen LogP contribution in [0, 0.1) is 28.6 Å². The van der Waals surface area contributed by atoms with Crippen LogP contribution in [0.5, 0.6) is 0 Å². The van der Waals surface area contributed by atoms with Gasteiger partial charge in [-0.1, -0.05) is 30.3 Å². The zero-order valence-corrected chi connectivity index (χ0v) is 23.3. The maximum absolute atomic E-state index is 13.0. The number of rotatable bonds is 12. The molecule has 2 aromatic rings. The summed E-state index contributed by atoms with van der Waals surface area (Å²) < 4.78 is 0. The molecule has 3 unspecified atom stereocenters. The van der Waals surface area contributed by atoms with E-state index in [0.29, 0.717) is 19.5 Å². The number of nitrogens with zero attached hydrogens (tertiary/aromatic N) is 4. The lowest BCUT2D eigenvalue weighted by atomic mass is 10.0. The molecule has 2 N–H and O–H groups in total. The molecule has 2 amide bonds. The molecule has 3 atom stereocenters. The highest BCUT2D eigenvalue weighted by Gasteiger charge is 2.40. The number of benzene rings is 2. The van der Waals surface area contributed by atoms with Crippen molar-refractivity contribution in [2.75, 3.05) is 42.9 Å². The van der Waals surface area contributed by atoms with Gasteiger partial charge in [-0.3, -0.25) is 9.59 Å². The highest BCUT2D eigenvalue weighted by molar-refractivity contribution is 8.01. The van der Waals surface area contributed by atoms with E-state index in [0.717, 1.165) is 31.6 Å². The van der Waals surface area contributed by atoms with Crippen molar-refractivity contribution in [2.45, 2.75) is 49.7 Å². The molecular formula is C30H36N6O2S. The number of nitrogens with one attached hydrogen (secondary N) is 2. The lowest BCUT2D eigenvalue weighted by Gasteiger charge is -2.31. The number of carbonyl (C=O) groups is 2. The zero-order valence-electron chi connectivity index (χ0n) is 22.4. The number of fused-ring (bicyclic) bond motifs is 1. The predicted molar refractivity (Wildman–Crippen MR) is 155 cm³/mol. The predicted octanol–water partition coefficient (Wildman–Crippen LogP) is 3.94. The van der Waals surface area contributed by atoms with Gasteiger partial charge in [0.1, 0.15) is 12.5 Å². The van der Waals surface area contributed by atoms with Gasteiger partial charge in [-0.15, -0.1) is 11.8 Å². The van der Waals surface area contributed by atoms with E-state index in [1.807, 2.05) is 19.1 Å². The molecule has 0 bridgehead atoms. The van der Waals surface area contributed by atoms with Crippen LogP contribution in [0.3, 0.4) is 0 Å². The van der Waals surface area contributed by atoms with E-state index in [1.165, 1.54) is 35.0 Å². The van der Waals surface area contributed by atoms with Crippen LogP contribution >= 0.6 is 11.8 Å². The Morgan fingerprint density at radius 1 is 1.21 bits per heavy atom. The molecule has 0 aliphatic carbocycles. The summed E-state index contributed by atoms with van der Waals surface area (Å²) in [5.41, 5.74) is 5.13. The summed E-state index contributed by atoms with van der Waals surface area (Å²) in [5.74, 6) is -1.30. The quantitative estimate of drug-likeness (QED) is 0.389. The monoisotopic (exact) mass is 544 g/mol. The summed E-state index contributed by atoms with van der Waals surface area (Å²) >= 11 is 1.53. The maximum atomic E-state index is 13.0. The molecule has 2 heterocycles. The fraction of sp³-hybridized carbons (Fsp3) is 0.467. The average Bonchev–Trinajstić information content (AvgIpc) is 3.27. The van der Waals surface area contributed by atoms with Crippen molar-refractivity contribution in [1.29, 1.82) is 10.5 Å². The van der Waals surface area contributed by atoms with Gasteiger partial charge in [-0.05, 0) is 61.9 Å². The second-order valence-electron chi connectivity index (χ2n) is 9.88. The van der Waals surface area contributed by atoms with Crippen molar-refractivity contribution < 1.29 is 9.59 Å². The molecule has 2 aromatic carbocycles. The highest BCUT2D eigenvalue weighted by Crippen LogP contribution is 2.37. The molecule has 4 rings (SSSR count). The second kappa shape index (κ2) is 13.9. The summed E-state index contributed by atoms with van der Waals surface area (Å²) in [4.78, 5) is 29.5. The Bertz CT molecular complexity index is 1240. The standard InChI is InChI=1S/C30H36N6O2S/c1-2-36-28(20-24(21-32)29(37)34-16-14-31)39-27(30(36)38)12-15-33-25-10-5-7-22(19-25)13-18-35-17-6-9-23-8-3-4-11-26(23)35/h3-5,7-8,10-11,19,24,27-28,33H,2,6,9,12-13,15-18,20H2,1H3,(H,34,37). The third-order valence-corrected chi connectivity index (χ3v) is 8.89. The van der Waals surface area contributed by atoms with E-state index in [2.05, 4.69) is 64.1 Å². The topological polar surface area (TPSA) is 112 Å². The van der Waals surface area contributed by atoms with Gasteiger partial charge in [-0.25, -0.2) is 0 Å². The van der Waals surface area contributed by atoms with Crippen molar-refractivity contribution in [3.63, 3.8) is 0 Å².